The van der Waals surface area contributed by atoms with Gasteiger partial charge >= 0.3 is 58.4 Å². The first kappa shape index (κ1) is 19.1. The molecule has 19 heavy (non-hydrogen) atoms. The van der Waals surface area contributed by atoms with E-state index in [1.807, 2.05) is 6.92 Å². The number of ether oxygens (including phenoxy) is 2. The molecule has 1 aromatic carbocycles. The average Bonchev–Trinajstić information content (AvgIpc) is 2.34. The van der Waals surface area contributed by atoms with Crippen molar-refractivity contribution in [2.24, 2.45) is 0 Å². The molecule has 2 nitrogen and oxygen atoms in total. The molecular formula is C12H15BF3KO2. The summed E-state index contributed by atoms with van der Waals surface area (Å²) in [6.45, 7) is -0.693. The van der Waals surface area contributed by atoms with E-state index >= 15 is 0 Å². The zero-order valence-corrected chi connectivity index (χ0v) is 14.5. The molecule has 0 atom stereocenters. The largest absolute Gasteiger partial charge is 1.00 e. The van der Waals surface area contributed by atoms with Crippen LogP contribution >= 0.6 is 0 Å². The van der Waals surface area contributed by atoms with Crippen molar-refractivity contribution >= 4 is 6.98 Å². The van der Waals surface area contributed by atoms with Gasteiger partial charge in [0.25, 0.3) is 0 Å². The van der Waals surface area contributed by atoms with E-state index in [-0.39, 0.29) is 57.1 Å². The van der Waals surface area contributed by atoms with Gasteiger partial charge in [0.1, 0.15) is 0 Å². The van der Waals surface area contributed by atoms with Crippen molar-refractivity contribution in [1.82, 2.24) is 0 Å². The Balaban J connectivity index is 0.00000324. The Labute approximate surface area is 153 Å². The summed E-state index contributed by atoms with van der Waals surface area (Å²) < 4.78 is 47.1. The molecule has 0 bridgehead atoms. The average molecular weight is 298 g/mol. The number of methoxy groups -OCH3 is 1. The van der Waals surface area contributed by atoms with E-state index in [0.29, 0.717) is 5.75 Å². The number of aryl methyl sites for hydroxylation is 1. The monoisotopic (exact) mass is 298 g/mol. The summed E-state index contributed by atoms with van der Waals surface area (Å²) in [5.41, 5.74) is 0.162. The minimum Gasteiger partial charge on any atom is -0.493 e. The van der Waals surface area contributed by atoms with Crippen LogP contribution in [0.3, 0.4) is 0 Å². The molecule has 0 aliphatic rings. The van der Waals surface area contributed by atoms with E-state index in [1.165, 1.54) is 7.11 Å². The van der Waals surface area contributed by atoms with Gasteiger partial charge in [-0.1, -0.05) is 13.0 Å². The summed E-state index contributed by atoms with van der Waals surface area (Å²) in [7, 11) is 1.45. The van der Waals surface area contributed by atoms with Gasteiger partial charge in [-0.2, -0.15) is 0 Å². The van der Waals surface area contributed by atoms with Crippen molar-refractivity contribution in [3.05, 3.63) is 35.8 Å². The Bertz CT molecular complexity index is 435. The molecule has 100 valence electrons. The maximum absolute atomic E-state index is 12.3. The van der Waals surface area contributed by atoms with Crippen LogP contribution in [-0.2, 0) is 6.42 Å². The summed E-state index contributed by atoms with van der Waals surface area (Å²) in [4.78, 5) is 0. The third-order valence-corrected chi connectivity index (χ3v) is 2.51. The van der Waals surface area contributed by atoms with Gasteiger partial charge in [-0.3, -0.25) is 0 Å². The van der Waals surface area contributed by atoms with Crippen LogP contribution in [0.25, 0.3) is 0 Å². The van der Waals surface area contributed by atoms with E-state index in [9.17, 15) is 12.9 Å². The van der Waals surface area contributed by atoms with E-state index < -0.39 is 19.1 Å². The fourth-order valence-corrected chi connectivity index (χ4v) is 1.32. The van der Waals surface area contributed by atoms with Gasteiger partial charge in [-0.15, -0.1) is 12.1 Å². The molecule has 0 aromatic heterocycles. The summed E-state index contributed by atoms with van der Waals surface area (Å²) >= 11 is 0. The molecule has 0 spiro atoms. The molecule has 1 aromatic rings. The van der Waals surface area contributed by atoms with Gasteiger partial charge in [-0.05, 0) is 24.1 Å². The van der Waals surface area contributed by atoms with Crippen LogP contribution in [-0.4, -0.2) is 20.7 Å². The molecule has 0 radical (unpaired) electrons. The first-order chi connectivity index (χ1) is 8.38. The van der Waals surface area contributed by atoms with Gasteiger partial charge < -0.3 is 22.4 Å². The minimum absolute atomic E-state index is 0. The summed E-state index contributed by atoms with van der Waals surface area (Å²) in [5, 5.41) is 0. The van der Waals surface area contributed by atoms with Crippen LogP contribution in [0.5, 0.6) is 11.5 Å². The van der Waals surface area contributed by atoms with E-state index in [1.54, 1.807) is 18.2 Å². The molecule has 0 aliphatic heterocycles. The Kier molecular flexibility index (Phi) is 8.39. The third kappa shape index (κ3) is 5.91. The normalized spacial score (nSPS) is 10.6. The van der Waals surface area contributed by atoms with Crippen LogP contribution in [0.1, 0.15) is 12.5 Å². The zero-order valence-electron chi connectivity index (χ0n) is 11.4. The second-order valence-corrected chi connectivity index (χ2v) is 3.86. The van der Waals surface area contributed by atoms with Crippen LogP contribution < -0.4 is 60.9 Å². The quantitative estimate of drug-likeness (QED) is 0.716. The summed E-state index contributed by atoms with van der Waals surface area (Å²) in [6, 6.07) is 5.14. The third-order valence-electron chi connectivity index (χ3n) is 2.51. The molecular weight excluding hydrogens is 283 g/mol. The molecule has 1 rings (SSSR count). The van der Waals surface area contributed by atoms with Gasteiger partial charge in [0.05, 0.1) is 13.7 Å². The van der Waals surface area contributed by atoms with Crippen molar-refractivity contribution in [1.29, 1.82) is 0 Å². The van der Waals surface area contributed by atoms with Gasteiger partial charge in [-0.25, -0.2) is 0 Å². The van der Waals surface area contributed by atoms with Crippen molar-refractivity contribution in [3.63, 3.8) is 0 Å². The summed E-state index contributed by atoms with van der Waals surface area (Å²) in [5.74, 6) is 0.715. The predicted octanol–water partition coefficient (Wildman–Crippen LogP) is 0.583. The molecule has 0 saturated heterocycles. The second kappa shape index (κ2) is 8.36. The van der Waals surface area contributed by atoms with Crippen LogP contribution in [0.15, 0.2) is 30.3 Å². The maximum Gasteiger partial charge on any atom is 1.00 e. The van der Waals surface area contributed by atoms with E-state index in [2.05, 4.69) is 6.58 Å². The van der Waals surface area contributed by atoms with Crippen molar-refractivity contribution in [2.45, 2.75) is 13.3 Å². The Morgan fingerprint density at radius 1 is 1.26 bits per heavy atom. The molecule has 0 fully saturated rings. The Morgan fingerprint density at radius 3 is 2.37 bits per heavy atom. The van der Waals surface area contributed by atoms with Crippen LogP contribution in [0.4, 0.5) is 12.9 Å². The molecule has 0 aliphatic carbocycles. The molecule has 0 saturated carbocycles. The van der Waals surface area contributed by atoms with Crippen molar-refractivity contribution in [3.8, 4) is 11.5 Å². The van der Waals surface area contributed by atoms with Crippen LogP contribution in [0, 0.1) is 0 Å². The standard InChI is InChI=1S/C12H15BF3O2.K/c1-4-10-5-6-11(12(7-10)17-3)18-8-9(2)13(14,15)16;/h5-7H,2,4,8H2,1,3H3;/q-1;+1. The molecule has 0 N–H and O–H groups in total. The Hall–Kier alpha value is 0.0513. The number of rotatable bonds is 6. The fourth-order valence-electron chi connectivity index (χ4n) is 1.32. The molecule has 0 amide bonds. The second-order valence-electron chi connectivity index (χ2n) is 3.86. The zero-order chi connectivity index (χ0) is 13.8. The van der Waals surface area contributed by atoms with E-state index in [0.717, 1.165) is 12.0 Å². The molecule has 7 heteroatoms. The van der Waals surface area contributed by atoms with Gasteiger partial charge in [0.2, 0.25) is 0 Å². The number of benzene rings is 1. The van der Waals surface area contributed by atoms with Crippen molar-refractivity contribution in [2.75, 3.05) is 13.7 Å². The van der Waals surface area contributed by atoms with E-state index in [4.69, 9.17) is 9.47 Å². The number of hydrogen-bond donors (Lipinski definition) is 0. The minimum atomic E-state index is -5.06. The Morgan fingerprint density at radius 2 is 1.89 bits per heavy atom. The fraction of sp³-hybridized carbons (Fsp3) is 0.333. The first-order valence-electron chi connectivity index (χ1n) is 5.55. The topological polar surface area (TPSA) is 18.5 Å². The molecule has 0 heterocycles. The smallest absolute Gasteiger partial charge is 0.493 e. The molecule has 0 unspecified atom stereocenters. The van der Waals surface area contributed by atoms with Crippen molar-refractivity contribution < 1.29 is 73.8 Å². The number of hydrogen-bond acceptors (Lipinski definition) is 2. The maximum atomic E-state index is 12.3. The van der Waals surface area contributed by atoms with Gasteiger partial charge in [0, 0.05) is 0 Å². The summed E-state index contributed by atoms with van der Waals surface area (Å²) in [6.07, 6.45) is 0.814. The first-order valence-corrected chi connectivity index (χ1v) is 5.55. The van der Waals surface area contributed by atoms with Crippen LogP contribution in [0.2, 0.25) is 0 Å². The SMILES string of the molecule is C=C(COc1ccc(CC)cc1OC)[B-](F)(F)F.[K+]. The van der Waals surface area contributed by atoms with Gasteiger partial charge in [0.15, 0.2) is 11.5 Å². The number of halogens is 3. The predicted molar refractivity (Wildman–Crippen MR) is 66.1 cm³/mol.